The van der Waals surface area contributed by atoms with Gasteiger partial charge in [-0.05, 0) is 25.7 Å². The van der Waals surface area contributed by atoms with Gasteiger partial charge in [-0.15, -0.1) is 0 Å². The number of ether oxygens (including phenoxy) is 1. The summed E-state index contributed by atoms with van der Waals surface area (Å²) in [7, 11) is 1.32. The minimum atomic E-state index is -0.851. The van der Waals surface area contributed by atoms with Crippen LogP contribution in [0.2, 0.25) is 0 Å². The standard InChI is InChI=1S/C12H19NO5/c1-18-12(17)9-5-4-8-13(9)10(14)6-2-3-7-11(15)16/h9H,2-8H2,1H3,(H,15,16). The molecule has 1 N–H and O–H groups in total. The predicted molar refractivity (Wildman–Crippen MR) is 62.9 cm³/mol. The molecule has 1 amide bonds. The van der Waals surface area contributed by atoms with E-state index in [1.807, 2.05) is 0 Å². The Morgan fingerprint density at radius 2 is 1.94 bits per heavy atom. The number of esters is 1. The van der Waals surface area contributed by atoms with Crippen LogP contribution in [-0.4, -0.2) is 47.5 Å². The first-order chi connectivity index (χ1) is 8.56. The predicted octanol–water partition coefficient (Wildman–Crippen LogP) is 0.795. The first kappa shape index (κ1) is 14.5. The van der Waals surface area contributed by atoms with E-state index in [2.05, 4.69) is 4.74 Å². The third-order valence-corrected chi connectivity index (χ3v) is 3.08. The van der Waals surface area contributed by atoms with E-state index in [-0.39, 0.29) is 18.3 Å². The molecule has 1 atom stereocenters. The van der Waals surface area contributed by atoms with E-state index in [0.717, 1.165) is 6.42 Å². The van der Waals surface area contributed by atoms with Crippen molar-refractivity contribution in [3.8, 4) is 0 Å². The van der Waals surface area contributed by atoms with Crippen molar-refractivity contribution in [2.45, 2.75) is 44.6 Å². The normalized spacial score (nSPS) is 18.7. The van der Waals surface area contributed by atoms with Gasteiger partial charge in [-0.1, -0.05) is 0 Å². The van der Waals surface area contributed by atoms with Crippen LogP contribution in [0.4, 0.5) is 0 Å². The molecule has 1 fully saturated rings. The Kier molecular flexibility index (Phi) is 5.61. The summed E-state index contributed by atoms with van der Waals surface area (Å²) in [5.41, 5.74) is 0. The fourth-order valence-electron chi connectivity index (χ4n) is 2.14. The van der Waals surface area contributed by atoms with Gasteiger partial charge in [0.1, 0.15) is 6.04 Å². The van der Waals surface area contributed by atoms with E-state index in [9.17, 15) is 14.4 Å². The topological polar surface area (TPSA) is 83.9 Å². The highest BCUT2D eigenvalue weighted by Crippen LogP contribution is 2.20. The van der Waals surface area contributed by atoms with Gasteiger partial charge in [-0.3, -0.25) is 9.59 Å². The second-order valence-electron chi connectivity index (χ2n) is 4.37. The molecule has 6 heteroatoms. The van der Waals surface area contributed by atoms with E-state index >= 15 is 0 Å². The summed E-state index contributed by atoms with van der Waals surface area (Å²) in [6.07, 6.45) is 2.84. The van der Waals surface area contributed by atoms with Crippen LogP contribution in [0.5, 0.6) is 0 Å². The summed E-state index contributed by atoms with van der Waals surface area (Å²) >= 11 is 0. The van der Waals surface area contributed by atoms with Crippen LogP contribution in [0.15, 0.2) is 0 Å². The Hall–Kier alpha value is -1.59. The van der Waals surface area contributed by atoms with Gasteiger partial charge >= 0.3 is 11.9 Å². The lowest BCUT2D eigenvalue weighted by Crippen LogP contribution is -2.40. The molecule has 1 aliphatic rings. The summed E-state index contributed by atoms with van der Waals surface area (Å²) in [4.78, 5) is 35.2. The fourth-order valence-corrected chi connectivity index (χ4v) is 2.14. The Morgan fingerprint density at radius 3 is 2.56 bits per heavy atom. The van der Waals surface area contributed by atoms with Gasteiger partial charge in [0, 0.05) is 19.4 Å². The molecule has 1 heterocycles. The molecule has 0 aromatic carbocycles. The molecule has 0 bridgehead atoms. The molecule has 0 aromatic rings. The van der Waals surface area contributed by atoms with Gasteiger partial charge in [0.25, 0.3) is 0 Å². The van der Waals surface area contributed by atoms with Crippen molar-refractivity contribution in [1.29, 1.82) is 0 Å². The molecule has 102 valence electrons. The Bertz CT molecular complexity index is 328. The molecule has 18 heavy (non-hydrogen) atoms. The average molecular weight is 257 g/mol. The van der Waals surface area contributed by atoms with Crippen LogP contribution in [0.1, 0.15) is 38.5 Å². The van der Waals surface area contributed by atoms with Gasteiger partial charge in [-0.2, -0.15) is 0 Å². The number of carbonyl (C=O) groups excluding carboxylic acids is 2. The largest absolute Gasteiger partial charge is 0.481 e. The molecule has 0 spiro atoms. The van der Waals surface area contributed by atoms with E-state index in [1.165, 1.54) is 7.11 Å². The highest BCUT2D eigenvalue weighted by Gasteiger charge is 2.34. The summed E-state index contributed by atoms with van der Waals surface area (Å²) in [6, 6.07) is -0.457. The van der Waals surface area contributed by atoms with Crippen molar-refractivity contribution >= 4 is 17.8 Å². The fraction of sp³-hybridized carbons (Fsp3) is 0.750. The zero-order valence-corrected chi connectivity index (χ0v) is 10.6. The lowest BCUT2D eigenvalue weighted by molar-refractivity contribution is -0.151. The number of methoxy groups -OCH3 is 1. The number of unbranched alkanes of at least 4 members (excludes halogenated alkanes) is 1. The van der Waals surface area contributed by atoms with Crippen molar-refractivity contribution < 1.29 is 24.2 Å². The van der Waals surface area contributed by atoms with Gasteiger partial charge in [0.2, 0.25) is 5.91 Å². The maximum atomic E-state index is 11.9. The number of hydrogen-bond acceptors (Lipinski definition) is 4. The highest BCUT2D eigenvalue weighted by molar-refractivity contribution is 5.85. The van der Waals surface area contributed by atoms with Crippen LogP contribution in [-0.2, 0) is 19.1 Å². The molecule has 0 aromatic heterocycles. The first-order valence-electron chi connectivity index (χ1n) is 6.15. The third-order valence-electron chi connectivity index (χ3n) is 3.08. The van der Waals surface area contributed by atoms with Crippen molar-refractivity contribution in [2.24, 2.45) is 0 Å². The van der Waals surface area contributed by atoms with E-state index in [0.29, 0.717) is 32.2 Å². The highest BCUT2D eigenvalue weighted by atomic mass is 16.5. The molecular weight excluding hydrogens is 238 g/mol. The Morgan fingerprint density at radius 1 is 1.28 bits per heavy atom. The average Bonchev–Trinajstić information content (AvgIpc) is 2.82. The molecule has 0 saturated carbocycles. The molecule has 0 aliphatic carbocycles. The Balaban J connectivity index is 2.36. The zero-order valence-electron chi connectivity index (χ0n) is 10.6. The molecule has 6 nitrogen and oxygen atoms in total. The van der Waals surface area contributed by atoms with Crippen LogP contribution in [0.25, 0.3) is 0 Å². The summed E-state index contributed by atoms with van der Waals surface area (Å²) in [6.45, 7) is 0.581. The molecular formula is C12H19NO5. The minimum Gasteiger partial charge on any atom is -0.481 e. The summed E-state index contributed by atoms with van der Waals surface area (Å²) in [5.74, 6) is -1.31. The van der Waals surface area contributed by atoms with Gasteiger partial charge in [0.15, 0.2) is 0 Å². The van der Waals surface area contributed by atoms with Crippen molar-refractivity contribution in [1.82, 2.24) is 4.90 Å². The van der Waals surface area contributed by atoms with Gasteiger partial charge in [0.05, 0.1) is 7.11 Å². The van der Waals surface area contributed by atoms with E-state index in [4.69, 9.17) is 5.11 Å². The zero-order chi connectivity index (χ0) is 13.5. The SMILES string of the molecule is COC(=O)C1CCCN1C(=O)CCCCC(=O)O. The van der Waals surface area contributed by atoms with Crippen LogP contribution < -0.4 is 0 Å². The number of carboxylic acids is 1. The lowest BCUT2D eigenvalue weighted by Gasteiger charge is -2.22. The maximum Gasteiger partial charge on any atom is 0.328 e. The number of hydrogen-bond donors (Lipinski definition) is 1. The van der Waals surface area contributed by atoms with E-state index < -0.39 is 12.0 Å². The number of likely N-dealkylation sites (tertiary alicyclic amines) is 1. The van der Waals surface area contributed by atoms with Crippen LogP contribution in [0.3, 0.4) is 0 Å². The smallest absolute Gasteiger partial charge is 0.328 e. The number of carbonyl (C=O) groups is 3. The van der Waals surface area contributed by atoms with Crippen LogP contribution >= 0.6 is 0 Å². The number of rotatable bonds is 6. The quantitative estimate of drug-likeness (QED) is 0.562. The minimum absolute atomic E-state index is 0.0771. The van der Waals surface area contributed by atoms with Crippen molar-refractivity contribution in [3.63, 3.8) is 0 Å². The second kappa shape index (κ2) is 6.98. The lowest BCUT2D eigenvalue weighted by atomic mass is 10.1. The van der Waals surface area contributed by atoms with Crippen molar-refractivity contribution in [3.05, 3.63) is 0 Å². The van der Waals surface area contributed by atoms with Gasteiger partial charge in [-0.25, -0.2) is 4.79 Å². The number of carboxylic acid groups (broad SMARTS) is 1. The third kappa shape index (κ3) is 4.01. The van der Waals surface area contributed by atoms with E-state index in [1.54, 1.807) is 4.90 Å². The first-order valence-corrected chi connectivity index (χ1v) is 6.15. The molecule has 0 radical (unpaired) electrons. The van der Waals surface area contributed by atoms with Crippen LogP contribution in [0, 0.1) is 0 Å². The number of nitrogens with zero attached hydrogens (tertiary/aromatic N) is 1. The Labute approximate surface area is 106 Å². The molecule has 1 unspecified atom stereocenters. The maximum absolute atomic E-state index is 11.9. The molecule has 1 rings (SSSR count). The van der Waals surface area contributed by atoms with Crippen molar-refractivity contribution in [2.75, 3.05) is 13.7 Å². The second-order valence-corrected chi connectivity index (χ2v) is 4.37. The molecule has 1 saturated heterocycles. The molecule has 1 aliphatic heterocycles. The monoisotopic (exact) mass is 257 g/mol. The van der Waals surface area contributed by atoms with Gasteiger partial charge < -0.3 is 14.7 Å². The summed E-state index contributed by atoms with van der Waals surface area (Å²) in [5, 5.41) is 8.48. The summed E-state index contributed by atoms with van der Waals surface area (Å²) < 4.78 is 4.66. The number of amides is 1. The number of aliphatic carboxylic acids is 1.